The van der Waals surface area contributed by atoms with E-state index in [0.29, 0.717) is 39.6 Å². The van der Waals surface area contributed by atoms with E-state index in [4.69, 9.17) is 28.4 Å². The molecule has 0 aliphatic carbocycles. The second kappa shape index (κ2) is 16.2. The van der Waals surface area contributed by atoms with E-state index in [1.807, 2.05) is 53.7 Å². The third-order valence-electron chi connectivity index (χ3n) is 5.21. The van der Waals surface area contributed by atoms with Gasteiger partial charge in [-0.05, 0) is 77.6 Å². The van der Waals surface area contributed by atoms with Crippen LogP contribution in [-0.2, 0) is 12.8 Å². The molecule has 0 aliphatic rings. The van der Waals surface area contributed by atoms with E-state index < -0.39 is 0 Å². The second-order valence-electron chi connectivity index (χ2n) is 7.61. The summed E-state index contributed by atoms with van der Waals surface area (Å²) in [6.07, 6.45) is 1.87. The molecule has 2 aromatic rings. The van der Waals surface area contributed by atoms with Gasteiger partial charge in [0.2, 0.25) is 11.5 Å². The minimum Gasteiger partial charge on any atom is -0.490 e. The highest BCUT2D eigenvalue weighted by Gasteiger charge is 2.19. The lowest BCUT2D eigenvalue weighted by Crippen LogP contribution is -2.06. The zero-order chi connectivity index (χ0) is 25.5. The van der Waals surface area contributed by atoms with Gasteiger partial charge < -0.3 is 28.4 Å². The molecule has 0 bridgehead atoms. The van der Waals surface area contributed by atoms with Crippen molar-refractivity contribution in [2.45, 2.75) is 66.5 Å². The van der Waals surface area contributed by atoms with E-state index >= 15 is 0 Å². The maximum atomic E-state index is 6.00. The van der Waals surface area contributed by atoms with Gasteiger partial charge in [0.1, 0.15) is 0 Å². The minimum atomic E-state index is 0.569. The van der Waals surface area contributed by atoms with Crippen molar-refractivity contribution in [2.75, 3.05) is 39.6 Å². The van der Waals surface area contributed by atoms with Crippen molar-refractivity contribution in [3.05, 3.63) is 35.4 Å². The summed E-state index contributed by atoms with van der Waals surface area (Å²) in [7, 11) is 0.816. The largest absolute Gasteiger partial charge is 0.490 e. The molecule has 0 atom stereocenters. The summed E-state index contributed by atoms with van der Waals surface area (Å²) < 4.78 is 35.4. The molecule has 0 aromatic heterocycles. The fourth-order valence-electron chi connectivity index (χ4n) is 3.84. The molecule has 0 unspecified atom stereocenters. The highest BCUT2D eigenvalue weighted by Crippen LogP contribution is 2.42. The molecule has 0 aliphatic heterocycles. The summed E-state index contributed by atoms with van der Waals surface area (Å²) in [6.45, 7) is 15.4. The van der Waals surface area contributed by atoms with Gasteiger partial charge in [0.15, 0.2) is 23.0 Å². The highest BCUT2D eigenvalue weighted by atomic mass is 28.2. The first-order valence-corrected chi connectivity index (χ1v) is 14.3. The molecular weight excluding hydrogens is 460 g/mol. The van der Waals surface area contributed by atoms with Crippen LogP contribution in [0.5, 0.6) is 34.5 Å². The van der Waals surface area contributed by atoms with Crippen LogP contribution in [0.2, 0.25) is 12.1 Å². The first-order chi connectivity index (χ1) is 17.1. The monoisotopic (exact) mass is 502 g/mol. The lowest BCUT2D eigenvalue weighted by atomic mass is 10.1. The van der Waals surface area contributed by atoms with Crippen molar-refractivity contribution in [3.8, 4) is 34.5 Å². The molecule has 0 spiro atoms. The zero-order valence-electron chi connectivity index (χ0n) is 22.3. The number of hydrogen-bond donors (Lipinski definition) is 0. The molecule has 0 amide bonds. The van der Waals surface area contributed by atoms with Crippen LogP contribution in [0.4, 0.5) is 0 Å². The van der Waals surface area contributed by atoms with Crippen LogP contribution in [0.25, 0.3) is 0 Å². The number of benzene rings is 2. The molecule has 0 N–H and O–H groups in total. The zero-order valence-corrected chi connectivity index (χ0v) is 23.3. The fraction of sp³-hybridized carbons (Fsp3) is 0.571. The van der Waals surface area contributed by atoms with E-state index in [2.05, 4.69) is 12.1 Å². The summed E-state index contributed by atoms with van der Waals surface area (Å²) in [5, 5.41) is 0. The summed E-state index contributed by atoms with van der Waals surface area (Å²) in [5.41, 5.74) is 2.34. The van der Waals surface area contributed by atoms with Gasteiger partial charge >= 0.3 is 0 Å². The average molecular weight is 503 g/mol. The lowest BCUT2D eigenvalue weighted by Gasteiger charge is -2.19. The van der Waals surface area contributed by atoms with Crippen LogP contribution in [0.3, 0.4) is 0 Å². The van der Waals surface area contributed by atoms with Crippen molar-refractivity contribution in [1.29, 1.82) is 0 Å². The van der Waals surface area contributed by atoms with Crippen LogP contribution in [-0.4, -0.2) is 49.2 Å². The van der Waals surface area contributed by atoms with Gasteiger partial charge in [-0.1, -0.05) is 24.2 Å². The van der Waals surface area contributed by atoms with E-state index in [-0.39, 0.29) is 0 Å². The Kier molecular flexibility index (Phi) is 13.3. The van der Waals surface area contributed by atoms with E-state index in [1.165, 1.54) is 11.1 Å². The van der Waals surface area contributed by atoms with Crippen LogP contribution in [0, 0.1) is 0 Å². The smallest absolute Gasteiger partial charge is 0.203 e. The first-order valence-electron chi connectivity index (χ1n) is 12.9. The predicted molar refractivity (Wildman–Crippen MR) is 143 cm³/mol. The van der Waals surface area contributed by atoms with Crippen LogP contribution >= 0.6 is 0 Å². The standard InChI is InChI=1S/C28H42O6Si/c1-7-29-23-15-13-21(25(31-9-3)27(23)33-11-5)17-19-35-20-18-22-14-16-24(30-8-2)28(34-12-6)26(22)32-10-4/h13-16H,7-12,17-20H2,1-6H3. The van der Waals surface area contributed by atoms with Crippen LogP contribution in [0.1, 0.15) is 52.7 Å². The number of rotatable bonds is 18. The Morgan fingerprint density at radius 3 is 1.14 bits per heavy atom. The molecule has 2 aromatic carbocycles. The SMILES string of the molecule is CCOc1ccc(CC[Si]CCc2ccc(OCC)c(OCC)c2OCC)c(OCC)c1OCC. The molecule has 7 heteroatoms. The first kappa shape index (κ1) is 28.7. The molecule has 0 saturated carbocycles. The third-order valence-corrected chi connectivity index (χ3v) is 6.42. The molecule has 0 fully saturated rings. The quantitative estimate of drug-likeness (QED) is 0.174. The van der Waals surface area contributed by atoms with E-state index in [1.54, 1.807) is 0 Å². The second-order valence-corrected chi connectivity index (χ2v) is 9.11. The van der Waals surface area contributed by atoms with Gasteiger partial charge in [-0.15, -0.1) is 0 Å². The van der Waals surface area contributed by atoms with Crippen LogP contribution < -0.4 is 28.4 Å². The van der Waals surface area contributed by atoms with Gasteiger partial charge in [0.25, 0.3) is 0 Å². The molecule has 35 heavy (non-hydrogen) atoms. The molecule has 2 rings (SSSR count). The molecule has 0 saturated heterocycles. The normalized spacial score (nSPS) is 10.7. The van der Waals surface area contributed by atoms with Crippen molar-refractivity contribution >= 4 is 9.52 Å². The van der Waals surface area contributed by atoms with Crippen molar-refractivity contribution in [2.24, 2.45) is 0 Å². The maximum absolute atomic E-state index is 6.00. The summed E-state index contributed by atoms with van der Waals surface area (Å²) in [4.78, 5) is 0. The van der Waals surface area contributed by atoms with Gasteiger partial charge in [-0.25, -0.2) is 0 Å². The summed E-state index contributed by atoms with van der Waals surface area (Å²) >= 11 is 0. The Balaban J connectivity index is 2.07. The Morgan fingerprint density at radius 1 is 0.457 bits per heavy atom. The van der Waals surface area contributed by atoms with Crippen molar-refractivity contribution in [3.63, 3.8) is 0 Å². The molecule has 6 nitrogen and oxygen atoms in total. The van der Waals surface area contributed by atoms with E-state index in [0.717, 1.165) is 68.9 Å². The molecular formula is C28H42O6Si. The molecule has 0 heterocycles. The third kappa shape index (κ3) is 8.27. The van der Waals surface area contributed by atoms with Crippen molar-refractivity contribution < 1.29 is 28.4 Å². The Labute approximate surface area is 214 Å². The average Bonchev–Trinajstić information content (AvgIpc) is 2.85. The summed E-state index contributed by atoms with van der Waals surface area (Å²) in [5.74, 6) is 4.56. The Morgan fingerprint density at radius 2 is 0.800 bits per heavy atom. The van der Waals surface area contributed by atoms with Gasteiger partial charge in [-0.2, -0.15) is 0 Å². The number of aryl methyl sites for hydroxylation is 2. The highest BCUT2D eigenvalue weighted by molar-refractivity contribution is 6.35. The Bertz CT molecular complexity index is 815. The minimum absolute atomic E-state index is 0.569. The van der Waals surface area contributed by atoms with Gasteiger partial charge in [0.05, 0.1) is 39.6 Å². The number of hydrogen-bond acceptors (Lipinski definition) is 6. The maximum Gasteiger partial charge on any atom is 0.203 e. The van der Waals surface area contributed by atoms with Gasteiger partial charge in [-0.3, -0.25) is 0 Å². The lowest BCUT2D eigenvalue weighted by molar-refractivity contribution is 0.259. The molecule has 194 valence electrons. The predicted octanol–water partition coefficient (Wildman–Crippen LogP) is 6.40. The van der Waals surface area contributed by atoms with Gasteiger partial charge in [0, 0.05) is 9.52 Å². The molecule has 2 radical (unpaired) electrons. The Hall–Kier alpha value is -2.54. The number of ether oxygens (including phenoxy) is 6. The van der Waals surface area contributed by atoms with E-state index in [9.17, 15) is 0 Å². The topological polar surface area (TPSA) is 55.4 Å². The van der Waals surface area contributed by atoms with Crippen LogP contribution in [0.15, 0.2) is 24.3 Å². The fourth-order valence-corrected chi connectivity index (χ4v) is 4.98. The van der Waals surface area contributed by atoms with Crippen molar-refractivity contribution in [1.82, 2.24) is 0 Å². The summed E-state index contributed by atoms with van der Waals surface area (Å²) in [6, 6.07) is 10.4.